The van der Waals surface area contributed by atoms with Gasteiger partial charge >= 0.3 is 0 Å². The number of sulfonamides is 1. The average Bonchev–Trinajstić information content (AvgIpc) is 3.34. The molecule has 1 unspecified atom stereocenters. The summed E-state index contributed by atoms with van der Waals surface area (Å²) in [6, 6.07) is 4.86. The van der Waals surface area contributed by atoms with Crippen LogP contribution in [0.15, 0.2) is 27.4 Å². The van der Waals surface area contributed by atoms with E-state index < -0.39 is 15.3 Å². The van der Waals surface area contributed by atoms with Crippen molar-refractivity contribution in [3.8, 4) is 0 Å². The highest BCUT2D eigenvalue weighted by molar-refractivity contribution is 8.02. The third kappa shape index (κ3) is 5.15. The zero-order valence-electron chi connectivity index (χ0n) is 15.5. The molecule has 1 atom stereocenters. The first-order chi connectivity index (χ1) is 13.2. The Bertz CT molecular complexity index is 976. The summed E-state index contributed by atoms with van der Waals surface area (Å²) in [5, 5.41) is 14.6. The molecule has 152 valence electrons. The molecule has 1 aliphatic carbocycles. The van der Waals surface area contributed by atoms with Gasteiger partial charge in [0.05, 0.1) is 10.3 Å². The number of hydrogen-bond acceptors (Lipinski definition) is 8. The average molecular weight is 462 g/mol. The van der Waals surface area contributed by atoms with Crippen LogP contribution in [0.1, 0.15) is 19.8 Å². The molecule has 0 bridgehead atoms. The van der Waals surface area contributed by atoms with Gasteiger partial charge in [0.2, 0.25) is 21.1 Å². The van der Waals surface area contributed by atoms with Gasteiger partial charge in [0.25, 0.3) is 0 Å². The van der Waals surface area contributed by atoms with Gasteiger partial charge < -0.3 is 10.6 Å². The van der Waals surface area contributed by atoms with Gasteiger partial charge in [-0.05, 0) is 38.0 Å². The van der Waals surface area contributed by atoms with Gasteiger partial charge in [-0.25, -0.2) is 12.7 Å². The van der Waals surface area contributed by atoms with E-state index >= 15 is 0 Å². The van der Waals surface area contributed by atoms with E-state index in [2.05, 4.69) is 20.8 Å². The summed E-state index contributed by atoms with van der Waals surface area (Å²) in [4.78, 5) is 12.4. The Labute approximate surface area is 177 Å². The fraction of sp³-hybridized carbons (Fsp3) is 0.438. The van der Waals surface area contributed by atoms with E-state index in [1.807, 2.05) is 0 Å². The van der Waals surface area contributed by atoms with Crippen molar-refractivity contribution in [3.63, 3.8) is 0 Å². The van der Waals surface area contributed by atoms with Crippen LogP contribution >= 0.6 is 34.7 Å². The molecule has 0 aliphatic heterocycles. The summed E-state index contributed by atoms with van der Waals surface area (Å²) < 4.78 is 26.5. The second-order valence-electron chi connectivity index (χ2n) is 6.47. The highest BCUT2D eigenvalue weighted by Crippen LogP contribution is 2.33. The van der Waals surface area contributed by atoms with Crippen LogP contribution in [0, 0.1) is 0 Å². The van der Waals surface area contributed by atoms with Crippen LogP contribution in [0.5, 0.6) is 0 Å². The second kappa shape index (κ2) is 8.54. The lowest BCUT2D eigenvalue weighted by atomic mass is 10.3. The molecule has 1 fully saturated rings. The van der Waals surface area contributed by atoms with Gasteiger partial charge in [-0.15, -0.1) is 10.2 Å². The van der Waals surface area contributed by atoms with Crippen molar-refractivity contribution in [2.75, 3.05) is 24.7 Å². The van der Waals surface area contributed by atoms with Crippen LogP contribution in [0.3, 0.4) is 0 Å². The molecule has 1 aromatic carbocycles. The number of nitrogens with one attached hydrogen (secondary N) is 2. The highest BCUT2D eigenvalue weighted by atomic mass is 35.5. The number of rotatable bonds is 8. The lowest BCUT2D eigenvalue weighted by Crippen LogP contribution is -2.24. The molecule has 2 aromatic rings. The monoisotopic (exact) mass is 461 g/mol. The first-order valence-electron chi connectivity index (χ1n) is 8.46. The van der Waals surface area contributed by atoms with Crippen LogP contribution in [0.25, 0.3) is 0 Å². The topological polar surface area (TPSA) is 104 Å². The number of amides is 1. The van der Waals surface area contributed by atoms with Crippen molar-refractivity contribution in [2.24, 2.45) is 0 Å². The van der Waals surface area contributed by atoms with E-state index in [1.165, 1.54) is 49.3 Å². The molecule has 0 saturated heterocycles. The second-order valence-corrected chi connectivity index (χ2v) is 11.6. The summed E-state index contributed by atoms with van der Waals surface area (Å²) in [6.45, 7) is 1.75. The maximum Gasteiger partial charge on any atom is 0.244 e. The summed E-state index contributed by atoms with van der Waals surface area (Å²) >= 11 is 8.74. The quantitative estimate of drug-likeness (QED) is 0.582. The fourth-order valence-electron chi connectivity index (χ4n) is 2.14. The van der Waals surface area contributed by atoms with Crippen LogP contribution in [0.4, 0.5) is 10.8 Å². The van der Waals surface area contributed by atoms with E-state index in [-0.39, 0.29) is 15.8 Å². The van der Waals surface area contributed by atoms with Crippen molar-refractivity contribution in [1.29, 1.82) is 0 Å². The van der Waals surface area contributed by atoms with Gasteiger partial charge in [0, 0.05) is 25.8 Å². The van der Waals surface area contributed by atoms with E-state index in [0.29, 0.717) is 16.1 Å². The third-order valence-corrected chi connectivity index (χ3v) is 8.25. The lowest BCUT2D eigenvalue weighted by Gasteiger charge is -2.15. The predicted octanol–water partition coefficient (Wildman–Crippen LogP) is 3.14. The van der Waals surface area contributed by atoms with Crippen molar-refractivity contribution >= 4 is 61.4 Å². The number of nitrogens with zero attached hydrogens (tertiary/aromatic N) is 3. The van der Waals surface area contributed by atoms with E-state index in [9.17, 15) is 13.2 Å². The first kappa shape index (κ1) is 21.3. The van der Waals surface area contributed by atoms with Gasteiger partial charge in [0.1, 0.15) is 4.90 Å². The van der Waals surface area contributed by atoms with Crippen LogP contribution in [0.2, 0.25) is 5.02 Å². The van der Waals surface area contributed by atoms with Crippen molar-refractivity contribution in [1.82, 2.24) is 14.5 Å². The minimum atomic E-state index is -3.72. The predicted molar refractivity (Wildman–Crippen MR) is 113 cm³/mol. The van der Waals surface area contributed by atoms with Gasteiger partial charge in [-0.2, -0.15) is 0 Å². The lowest BCUT2D eigenvalue weighted by molar-refractivity contribution is -0.115. The Morgan fingerprint density at radius 2 is 2.07 bits per heavy atom. The minimum Gasteiger partial charge on any atom is -0.357 e. The molecular formula is C16H20ClN5O3S3. The first-order valence-corrected chi connectivity index (χ1v) is 12.0. The number of aromatic nitrogens is 2. The van der Waals surface area contributed by atoms with E-state index in [4.69, 9.17) is 11.6 Å². The van der Waals surface area contributed by atoms with Gasteiger partial charge in [-0.3, -0.25) is 4.79 Å². The maximum absolute atomic E-state index is 12.5. The maximum atomic E-state index is 12.5. The van der Waals surface area contributed by atoms with E-state index in [0.717, 1.165) is 22.3 Å². The van der Waals surface area contributed by atoms with Crippen LogP contribution in [-0.2, 0) is 14.8 Å². The Balaban J connectivity index is 1.65. The summed E-state index contributed by atoms with van der Waals surface area (Å²) in [7, 11) is -0.874. The molecule has 1 aromatic heterocycles. The Morgan fingerprint density at radius 3 is 2.71 bits per heavy atom. The normalized spacial score (nSPS) is 15.5. The van der Waals surface area contributed by atoms with Crippen LogP contribution < -0.4 is 10.6 Å². The Kier molecular flexibility index (Phi) is 6.50. The number of halogens is 1. The minimum absolute atomic E-state index is 0.0582. The van der Waals surface area contributed by atoms with Crippen LogP contribution in [-0.4, -0.2) is 54.2 Å². The van der Waals surface area contributed by atoms with E-state index in [1.54, 1.807) is 13.0 Å². The molecule has 2 N–H and O–H groups in total. The number of carbonyl (C=O) groups excluding carboxylic acids is 1. The molecule has 1 saturated carbocycles. The molecule has 8 nitrogen and oxygen atoms in total. The third-order valence-electron chi connectivity index (χ3n) is 3.92. The van der Waals surface area contributed by atoms with Gasteiger partial charge in [0.15, 0.2) is 4.34 Å². The van der Waals surface area contributed by atoms with Crippen molar-refractivity contribution < 1.29 is 13.2 Å². The SMILES string of the molecule is CC(Sc1nnc(NC2CC2)s1)C(=O)Nc1ccc(Cl)c(S(=O)(=O)N(C)C)c1. The van der Waals surface area contributed by atoms with Gasteiger partial charge in [-0.1, -0.05) is 34.7 Å². The molecule has 12 heteroatoms. The number of hydrogen-bond donors (Lipinski definition) is 2. The number of benzene rings is 1. The molecule has 0 radical (unpaired) electrons. The molecule has 1 heterocycles. The summed E-state index contributed by atoms with van der Waals surface area (Å²) in [6.07, 6.45) is 2.29. The van der Waals surface area contributed by atoms with Crippen molar-refractivity contribution in [3.05, 3.63) is 23.2 Å². The fourth-order valence-corrected chi connectivity index (χ4v) is 5.51. The largest absolute Gasteiger partial charge is 0.357 e. The standard InChI is InChI=1S/C16H20ClN5O3S3/c1-9(26-16-21-20-15(27-16)19-10-4-5-10)14(23)18-11-6-7-12(17)13(8-11)28(24,25)22(2)3/h6-10H,4-5H2,1-3H3,(H,18,23)(H,19,20). The number of thioether (sulfide) groups is 1. The highest BCUT2D eigenvalue weighted by Gasteiger charge is 2.24. The Hall–Kier alpha value is -1.40. The zero-order valence-corrected chi connectivity index (χ0v) is 18.7. The summed E-state index contributed by atoms with van der Waals surface area (Å²) in [5.74, 6) is -0.271. The molecular weight excluding hydrogens is 442 g/mol. The molecule has 1 aliphatic rings. The molecule has 0 spiro atoms. The molecule has 28 heavy (non-hydrogen) atoms. The molecule has 3 rings (SSSR count). The smallest absolute Gasteiger partial charge is 0.244 e. The molecule has 1 amide bonds. The number of anilines is 2. The Morgan fingerprint density at radius 1 is 1.36 bits per heavy atom. The zero-order chi connectivity index (χ0) is 20.5. The van der Waals surface area contributed by atoms with Crippen molar-refractivity contribution in [2.45, 2.75) is 40.3 Å². The summed E-state index contributed by atoms with van der Waals surface area (Å²) in [5.41, 5.74) is 0.357. The number of carbonyl (C=O) groups is 1.